The Labute approximate surface area is 81.6 Å². The summed E-state index contributed by atoms with van der Waals surface area (Å²) in [6.45, 7) is 0. The van der Waals surface area contributed by atoms with Crippen LogP contribution >= 0.6 is 0 Å². The second-order valence-electron chi connectivity index (χ2n) is 3.94. The van der Waals surface area contributed by atoms with Crippen LogP contribution in [0.2, 0.25) is 0 Å². The smallest absolute Gasteiger partial charge is 0.159 e. The van der Waals surface area contributed by atoms with Gasteiger partial charge in [0, 0.05) is 20.1 Å². The zero-order valence-corrected chi connectivity index (χ0v) is 8.92. The Bertz CT molecular complexity index is 113. The molecule has 1 saturated carbocycles. The standard InChI is InChI=1S/C11H22O2/c1-12-11(13-2)10-8-6-4-3-5-7-9-10/h10-11H,3-9H2,1-2H3. The fraction of sp³-hybridized carbons (Fsp3) is 1.00. The van der Waals surface area contributed by atoms with Crippen LogP contribution in [0.3, 0.4) is 0 Å². The first-order valence-corrected chi connectivity index (χ1v) is 5.44. The van der Waals surface area contributed by atoms with E-state index < -0.39 is 0 Å². The highest BCUT2D eigenvalue weighted by Crippen LogP contribution is 2.26. The molecule has 1 aliphatic carbocycles. The molecule has 0 heterocycles. The largest absolute Gasteiger partial charge is 0.356 e. The summed E-state index contributed by atoms with van der Waals surface area (Å²) >= 11 is 0. The molecule has 0 saturated heterocycles. The molecule has 0 spiro atoms. The zero-order chi connectivity index (χ0) is 9.52. The van der Waals surface area contributed by atoms with Crippen molar-refractivity contribution in [3.8, 4) is 0 Å². The lowest BCUT2D eigenvalue weighted by Crippen LogP contribution is -2.25. The van der Waals surface area contributed by atoms with Crippen molar-refractivity contribution in [1.82, 2.24) is 0 Å². The summed E-state index contributed by atoms with van der Waals surface area (Å²) in [6.07, 6.45) is 9.43. The Morgan fingerprint density at radius 1 is 0.846 bits per heavy atom. The molecule has 0 aliphatic heterocycles. The van der Waals surface area contributed by atoms with Gasteiger partial charge in [0.25, 0.3) is 0 Å². The summed E-state index contributed by atoms with van der Waals surface area (Å²) in [5.41, 5.74) is 0. The van der Waals surface area contributed by atoms with Crippen LogP contribution in [0.25, 0.3) is 0 Å². The topological polar surface area (TPSA) is 18.5 Å². The van der Waals surface area contributed by atoms with Crippen LogP contribution in [-0.4, -0.2) is 20.5 Å². The summed E-state index contributed by atoms with van der Waals surface area (Å²) in [4.78, 5) is 0. The molecule has 0 N–H and O–H groups in total. The van der Waals surface area contributed by atoms with Crippen molar-refractivity contribution in [2.24, 2.45) is 5.92 Å². The van der Waals surface area contributed by atoms with E-state index >= 15 is 0 Å². The van der Waals surface area contributed by atoms with E-state index in [1.165, 1.54) is 44.9 Å². The Morgan fingerprint density at radius 3 is 1.77 bits per heavy atom. The summed E-state index contributed by atoms with van der Waals surface area (Å²) in [5, 5.41) is 0. The van der Waals surface area contributed by atoms with E-state index in [1.54, 1.807) is 14.2 Å². The van der Waals surface area contributed by atoms with Gasteiger partial charge >= 0.3 is 0 Å². The highest BCUT2D eigenvalue weighted by Gasteiger charge is 2.20. The van der Waals surface area contributed by atoms with Crippen molar-refractivity contribution in [3.05, 3.63) is 0 Å². The molecule has 0 bridgehead atoms. The molecule has 0 aromatic heterocycles. The summed E-state index contributed by atoms with van der Waals surface area (Å²) in [7, 11) is 3.49. The van der Waals surface area contributed by atoms with Gasteiger partial charge in [0.2, 0.25) is 0 Å². The Morgan fingerprint density at radius 2 is 1.31 bits per heavy atom. The average molecular weight is 186 g/mol. The molecule has 2 heteroatoms. The maximum Gasteiger partial charge on any atom is 0.159 e. The molecule has 1 fully saturated rings. The van der Waals surface area contributed by atoms with Crippen LogP contribution in [0.5, 0.6) is 0 Å². The van der Waals surface area contributed by atoms with Gasteiger partial charge in [-0.15, -0.1) is 0 Å². The number of methoxy groups -OCH3 is 2. The van der Waals surface area contributed by atoms with Gasteiger partial charge in [-0.05, 0) is 12.8 Å². The maximum absolute atomic E-state index is 5.31. The lowest BCUT2D eigenvalue weighted by atomic mass is 9.91. The SMILES string of the molecule is COC(OC)C1CCCCCCC1. The van der Waals surface area contributed by atoms with E-state index in [4.69, 9.17) is 9.47 Å². The number of hydrogen-bond acceptors (Lipinski definition) is 2. The maximum atomic E-state index is 5.31. The number of hydrogen-bond donors (Lipinski definition) is 0. The van der Waals surface area contributed by atoms with Gasteiger partial charge in [0.05, 0.1) is 0 Å². The lowest BCUT2D eigenvalue weighted by Gasteiger charge is -2.26. The molecular weight excluding hydrogens is 164 g/mol. The molecular formula is C11H22O2. The van der Waals surface area contributed by atoms with E-state index in [1.807, 2.05) is 0 Å². The quantitative estimate of drug-likeness (QED) is 0.631. The van der Waals surface area contributed by atoms with Gasteiger partial charge in [-0.3, -0.25) is 0 Å². The predicted octanol–water partition coefficient (Wildman–Crippen LogP) is 2.97. The minimum absolute atomic E-state index is 0.0260. The summed E-state index contributed by atoms with van der Waals surface area (Å²) in [6, 6.07) is 0. The normalized spacial score (nSPS) is 21.5. The van der Waals surface area contributed by atoms with Crippen molar-refractivity contribution in [2.45, 2.75) is 51.2 Å². The van der Waals surface area contributed by atoms with Gasteiger partial charge in [-0.1, -0.05) is 32.1 Å². The second kappa shape index (κ2) is 6.39. The van der Waals surface area contributed by atoms with Crippen LogP contribution in [0.4, 0.5) is 0 Å². The van der Waals surface area contributed by atoms with Crippen LogP contribution in [0.1, 0.15) is 44.9 Å². The first-order valence-electron chi connectivity index (χ1n) is 5.44. The van der Waals surface area contributed by atoms with Gasteiger partial charge in [-0.25, -0.2) is 0 Å². The Kier molecular flexibility index (Phi) is 5.40. The molecule has 1 aliphatic rings. The average Bonchev–Trinajstić information content (AvgIpc) is 2.09. The third kappa shape index (κ3) is 3.65. The van der Waals surface area contributed by atoms with Crippen molar-refractivity contribution >= 4 is 0 Å². The van der Waals surface area contributed by atoms with Crippen LogP contribution in [-0.2, 0) is 9.47 Å². The van der Waals surface area contributed by atoms with Crippen LogP contribution in [0, 0.1) is 5.92 Å². The molecule has 0 amide bonds. The van der Waals surface area contributed by atoms with Gasteiger partial charge in [0.15, 0.2) is 6.29 Å². The first-order chi connectivity index (χ1) is 6.38. The lowest BCUT2D eigenvalue weighted by molar-refractivity contribution is -0.141. The molecule has 13 heavy (non-hydrogen) atoms. The van der Waals surface area contributed by atoms with E-state index in [9.17, 15) is 0 Å². The second-order valence-corrected chi connectivity index (χ2v) is 3.94. The molecule has 1 rings (SSSR count). The van der Waals surface area contributed by atoms with E-state index in [2.05, 4.69) is 0 Å². The molecule has 78 valence electrons. The highest BCUT2D eigenvalue weighted by atomic mass is 16.7. The van der Waals surface area contributed by atoms with E-state index in [0.29, 0.717) is 5.92 Å². The molecule has 0 radical (unpaired) electrons. The Hall–Kier alpha value is -0.0800. The van der Waals surface area contributed by atoms with Crippen molar-refractivity contribution in [2.75, 3.05) is 14.2 Å². The summed E-state index contributed by atoms with van der Waals surface area (Å²) < 4.78 is 10.6. The zero-order valence-electron chi connectivity index (χ0n) is 8.92. The predicted molar refractivity (Wildman–Crippen MR) is 53.6 cm³/mol. The van der Waals surface area contributed by atoms with Gasteiger partial charge in [0.1, 0.15) is 0 Å². The van der Waals surface area contributed by atoms with Crippen LogP contribution < -0.4 is 0 Å². The van der Waals surface area contributed by atoms with E-state index in [0.717, 1.165) is 0 Å². The minimum atomic E-state index is 0.0260. The minimum Gasteiger partial charge on any atom is -0.356 e. The van der Waals surface area contributed by atoms with Crippen LogP contribution in [0.15, 0.2) is 0 Å². The monoisotopic (exact) mass is 186 g/mol. The molecule has 0 atom stereocenters. The fourth-order valence-electron chi connectivity index (χ4n) is 2.24. The van der Waals surface area contributed by atoms with Crippen molar-refractivity contribution < 1.29 is 9.47 Å². The molecule has 0 unspecified atom stereocenters. The number of ether oxygens (including phenoxy) is 2. The van der Waals surface area contributed by atoms with Crippen molar-refractivity contribution in [1.29, 1.82) is 0 Å². The summed E-state index contributed by atoms with van der Waals surface area (Å²) in [5.74, 6) is 0.621. The molecule has 2 nitrogen and oxygen atoms in total. The third-order valence-electron chi connectivity index (χ3n) is 3.00. The molecule has 0 aromatic rings. The third-order valence-corrected chi connectivity index (χ3v) is 3.00. The van der Waals surface area contributed by atoms with E-state index in [-0.39, 0.29) is 6.29 Å². The van der Waals surface area contributed by atoms with Gasteiger partial charge in [-0.2, -0.15) is 0 Å². The van der Waals surface area contributed by atoms with Gasteiger partial charge < -0.3 is 9.47 Å². The molecule has 0 aromatic carbocycles. The number of rotatable bonds is 3. The van der Waals surface area contributed by atoms with Crippen molar-refractivity contribution in [3.63, 3.8) is 0 Å². The highest BCUT2D eigenvalue weighted by molar-refractivity contribution is 4.66. The first kappa shape index (κ1) is 11.0. The fourth-order valence-corrected chi connectivity index (χ4v) is 2.24. The Balaban J connectivity index is 2.35.